The average Bonchev–Trinajstić information content (AvgIpc) is 2.68. The van der Waals surface area contributed by atoms with Crippen molar-refractivity contribution in [2.24, 2.45) is 10.7 Å². The van der Waals surface area contributed by atoms with Crippen LogP contribution in [-0.2, 0) is 0 Å². The standard InChI is InChI=1S/C19H21Cl2N3O3/c20-14-5-3-7-17(18(14)21)27-11-12(25)10-23-19(22)24-15-8-9-26-16-6-2-1-4-13(15)16/h1-7,12,15,25H,8-11H2,(H3,22,23,24). The van der Waals surface area contributed by atoms with Crippen LogP contribution in [0.3, 0.4) is 0 Å². The zero-order valence-corrected chi connectivity index (χ0v) is 16.1. The van der Waals surface area contributed by atoms with Gasteiger partial charge in [-0.1, -0.05) is 47.5 Å². The third kappa shape index (κ3) is 5.19. The summed E-state index contributed by atoms with van der Waals surface area (Å²) in [7, 11) is 0. The summed E-state index contributed by atoms with van der Waals surface area (Å²) in [5, 5.41) is 14.0. The first-order valence-corrected chi connectivity index (χ1v) is 9.33. The molecule has 4 N–H and O–H groups in total. The van der Waals surface area contributed by atoms with E-state index in [1.165, 1.54) is 0 Å². The van der Waals surface area contributed by atoms with Crippen molar-refractivity contribution in [3.8, 4) is 11.5 Å². The Labute approximate surface area is 167 Å². The van der Waals surface area contributed by atoms with Crippen molar-refractivity contribution in [2.75, 3.05) is 19.8 Å². The normalized spacial score (nSPS) is 17.6. The van der Waals surface area contributed by atoms with E-state index in [0.717, 1.165) is 17.7 Å². The molecule has 2 aromatic rings. The van der Waals surface area contributed by atoms with Crippen molar-refractivity contribution in [3.63, 3.8) is 0 Å². The maximum atomic E-state index is 10.1. The molecule has 0 saturated carbocycles. The molecule has 27 heavy (non-hydrogen) atoms. The number of aliphatic imine (C=N–C) groups is 1. The van der Waals surface area contributed by atoms with Crippen molar-refractivity contribution in [1.82, 2.24) is 5.32 Å². The van der Waals surface area contributed by atoms with Crippen molar-refractivity contribution >= 4 is 29.2 Å². The van der Waals surface area contributed by atoms with E-state index in [4.69, 9.17) is 38.4 Å². The lowest BCUT2D eigenvalue weighted by Gasteiger charge is -2.27. The number of hydrogen-bond acceptors (Lipinski definition) is 4. The van der Waals surface area contributed by atoms with Crippen LogP contribution >= 0.6 is 23.2 Å². The number of halogens is 2. The number of hydrogen-bond donors (Lipinski definition) is 3. The van der Waals surface area contributed by atoms with Crippen LogP contribution < -0.4 is 20.5 Å². The van der Waals surface area contributed by atoms with E-state index in [1.54, 1.807) is 18.2 Å². The number of fused-ring (bicyclic) bond motifs is 1. The van der Waals surface area contributed by atoms with E-state index < -0.39 is 6.10 Å². The van der Waals surface area contributed by atoms with Gasteiger partial charge in [0.2, 0.25) is 0 Å². The molecule has 0 aliphatic carbocycles. The van der Waals surface area contributed by atoms with Crippen molar-refractivity contribution in [2.45, 2.75) is 18.6 Å². The fourth-order valence-electron chi connectivity index (χ4n) is 2.75. The molecule has 1 aliphatic rings. The van der Waals surface area contributed by atoms with Gasteiger partial charge in [-0.05, 0) is 18.2 Å². The quantitative estimate of drug-likeness (QED) is 0.503. The molecule has 0 saturated heterocycles. The molecule has 0 bridgehead atoms. The van der Waals surface area contributed by atoms with Gasteiger partial charge >= 0.3 is 0 Å². The summed E-state index contributed by atoms with van der Waals surface area (Å²) in [5.74, 6) is 1.52. The van der Waals surface area contributed by atoms with Gasteiger partial charge in [-0.25, -0.2) is 0 Å². The number of guanidine groups is 1. The second kappa shape index (κ2) is 9.17. The fraction of sp³-hybridized carbons (Fsp3) is 0.316. The molecular weight excluding hydrogens is 389 g/mol. The predicted molar refractivity (Wildman–Crippen MR) is 107 cm³/mol. The van der Waals surface area contributed by atoms with E-state index in [1.807, 2.05) is 24.3 Å². The Morgan fingerprint density at radius 3 is 2.96 bits per heavy atom. The first-order valence-electron chi connectivity index (χ1n) is 8.57. The molecule has 3 rings (SSSR count). The molecule has 0 fully saturated rings. The molecule has 0 aromatic heterocycles. The lowest BCUT2D eigenvalue weighted by molar-refractivity contribution is 0.114. The van der Waals surface area contributed by atoms with Crippen LogP contribution in [0.25, 0.3) is 0 Å². The van der Waals surface area contributed by atoms with E-state index in [0.29, 0.717) is 22.4 Å². The monoisotopic (exact) mass is 409 g/mol. The zero-order valence-electron chi connectivity index (χ0n) is 14.6. The number of nitrogens with two attached hydrogens (primary N) is 1. The van der Waals surface area contributed by atoms with Crippen molar-refractivity contribution in [1.29, 1.82) is 0 Å². The minimum absolute atomic E-state index is 0.0247. The van der Waals surface area contributed by atoms with E-state index >= 15 is 0 Å². The maximum absolute atomic E-state index is 10.1. The Morgan fingerprint density at radius 1 is 1.30 bits per heavy atom. The van der Waals surface area contributed by atoms with Crippen molar-refractivity contribution in [3.05, 3.63) is 58.1 Å². The molecule has 144 valence electrons. The molecule has 0 amide bonds. The van der Waals surface area contributed by atoms with Gasteiger partial charge in [0.05, 0.1) is 24.2 Å². The van der Waals surface area contributed by atoms with Gasteiger partial charge in [0, 0.05) is 12.0 Å². The molecule has 2 aromatic carbocycles. The largest absolute Gasteiger partial charge is 0.493 e. The minimum Gasteiger partial charge on any atom is -0.493 e. The highest BCUT2D eigenvalue weighted by atomic mass is 35.5. The Bertz CT molecular complexity index is 817. The summed E-state index contributed by atoms with van der Waals surface area (Å²) < 4.78 is 11.1. The number of rotatable bonds is 6. The van der Waals surface area contributed by atoms with Gasteiger partial charge in [0.1, 0.15) is 29.2 Å². The number of aliphatic hydroxyl groups excluding tert-OH is 1. The topological polar surface area (TPSA) is 89.1 Å². The second-order valence-corrected chi connectivity index (χ2v) is 6.90. The van der Waals surface area contributed by atoms with Crippen LogP contribution in [0.15, 0.2) is 47.5 Å². The van der Waals surface area contributed by atoms with Crippen LogP contribution in [0.5, 0.6) is 11.5 Å². The Hall–Kier alpha value is -2.15. The summed E-state index contributed by atoms with van der Waals surface area (Å²) >= 11 is 12.0. The molecule has 0 spiro atoms. The summed E-state index contributed by atoms with van der Waals surface area (Å²) in [6.45, 7) is 0.734. The van der Waals surface area contributed by atoms with E-state index in [-0.39, 0.29) is 25.2 Å². The van der Waals surface area contributed by atoms with Crippen LogP contribution in [-0.4, -0.2) is 36.9 Å². The number of benzene rings is 2. The van der Waals surface area contributed by atoms with Crippen LogP contribution in [0.2, 0.25) is 10.0 Å². The van der Waals surface area contributed by atoms with Crippen molar-refractivity contribution < 1.29 is 14.6 Å². The number of nitrogens with zero attached hydrogens (tertiary/aromatic N) is 1. The highest BCUT2D eigenvalue weighted by Crippen LogP contribution is 2.32. The highest BCUT2D eigenvalue weighted by molar-refractivity contribution is 6.42. The van der Waals surface area contributed by atoms with Gasteiger partial charge < -0.3 is 25.6 Å². The molecular formula is C19H21Cl2N3O3. The summed E-state index contributed by atoms with van der Waals surface area (Å²) in [4.78, 5) is 4.20. The summed E-state index contributed by atoms with van der Waals surface area (Å²) in [6, 6.07) is 12.9. The van der Waals surface area contributed by atoms with E-state index in [9.17, 15) is 5.11 Å². The van der Waals surface area contributed by atoms with Gasteiger partial charge in [0.25, 0.3) is 0 Å². The highest BCUT2D eigenvalue weighted by Gasteiger charge is 2.21. The first kappa shape index (κ1) is 19.6. The SMILES string of the molecule is NC(=NCC(O)COc1cccc(Cl)c1Cl)NC1CCOc2ccccc21. The summed E-state index contributed by atoms with van der Waals surface area (Å²) in [6.07, 6.45) is -0.0472. The van der Waals surface area contributed by atoms with Crippen LogP contribution in [0.1, 0.15) is 18.0 Å². The van der Waals surface area contributed by atoms with Gasteiger partial charge in [-0.15, -0.1) is 0 Å². The Kier molecular flexibility index (Phi) is 6.66. The van der Waals surface area contributed by atoms with E-state index in [2.05, 4.69) is 10.3 Å². The molecule has 2 atom stereocenters. The molecule has 0 radical (unpaired) electrons. The van der Waals surface area contributed by atoms with Crippen LogP contribution in [0, 0.1) is 0 Å². The average molecular weight is 410 g/mol. The Morgan fingerprint density at radius 2 is 2.11 bits per heavy atom. The zero-order chi connectivity index (χ0) is 19.2. The fourth-order valence-corrected chi connectivity index (χ4v) is 3.10. The van der Waals surface area contributed by atoms with Gasteiger partial charge in [0.15, 0.2) is 5.96 Å². The third-order valence-corrected chi connectivity index (χ3v) is 4.90. The number of aliphatic hydroxyl groups is 1. The molecule has 2 unspecified atom stereocenters. The first-order chi connectivity index (χ1) is 13.0. The smallest absolute Gasteiger partial charge is 0.189 e. The van der Waals surface area contributed by atoms with Gasteiger partial charge in [-0.3, -0.25) is 4.99 Å². The third-order valence-electron chi connectivity index (χ3n) is 4.10. The molecule has 1 heterocycles. The minimum atomic E-state index is -0.831. The van der Waals surface area contributed by atoms with Crippen LogP contribution in [0.4, 0.5) is 0 Å². The number of nitrogens with one attached hydrogen (secondary N) is 1. The molecule has 6 nitrogen and oxygen atoms in total. The number of ether oxygens (including phenoxy) is 2. The van der Waals surface area contributed by atoms with Gasteiger partial charge in [-0.2, -0.15) is 0 Å². The summed E-state index contributed by atoms with van der Waals surface area (Å²) in [5.41, 5.74) is 7.01. The predicted octanol–water partition coefficient (Wildman–Crippen LogP) is 3.16. The lowest BCUT2D eigenvalue weighted by Crippen LogP contribution is -2.38. The Balaban J connectivity index is 1.51. The lowest BCUT2D eigenvalue weighted by atomic mass is 10.0. The number of para-hydroxylation sites is 1. The molecule has 1 aliphatic heterocycles. The molecule has 8 heteroatoms. The second-order valence-electron chi connectivity index (χ2n) is 6.11. The maximum Gasteiger partial charge on any atom is 0.189 e.